The molecule has 0 unspecified atom stereocenters. The Balaban J connectivity index is 1.61. The summed E-state index contributed by atoms with van der Waals surface area (Å²) in [7, 11) is -3.88. The lowest BCUT2D eigenvalue weighted by Crippen LogP contribution is -2.14. The third-order valence-electron chi connectivity index (χ3n) is 4.47. The third kappa shape index (κ3) is 3.61. The van der Waals surface area contributed by atoms with E-state index in [1.807, 2.05) is 36.4 Å². The number of fused-ring (bicyclic) bond motifs is 1. The number of rotatable bonds is 4. The predicted octanol–water partition coefficient (Wildman–Crippen LogP) is 5.74. The van der Waals surface area contributed by atoms with Crippen LogP contribution in [-0.4, -0.2) is 13.4 Å². The zero-order chi connectivity index (χ0) is 19.9. The molecule has 0 bridgehead atoms. The Labute approximate surface area is 167 Å². The molecule has 0 fully saturated rings. The number of benzene rings is 3. The molecule has 0 atom stereocenters. The molecule has 2 N–H and O–H groups in total. The van der Waals surface area contributed by atoms with Gasteiger partial charge in [-0.15, -0.1) is 0 Å². The number of H-pyrrole nitrogens is 1. The highest BCUT2D eigenvalue weighted by molar-refractivity contribution is 7.92. The maximum absolute atomic E-state index is 13.5. The van der Waals surface area contributed by atoms with E-state index in [9.17, 15) is 12.8 Å². The van der Waals surface area contributed by atoms with Crippen molar-refractivity contribution >= 4 is 38.2 Å². The Morgan fingerprint density at radius 1 is 0.964 bits per heavy atom. The number of aryl methyl sites for hydroxylation is 1. The molecule has 0 aliphatic heterocycles. The van der Waals surface area contributed by atoms with E-state index in [0.29, 0.717) is 16.3 Å². The topological polar surface area (TPSA) is 62.0 Å². The first-order valence-electron chi connectivity index (χ1n) is 8.49. The highest BCUT2D eigenvalue weighted by Gasteiger charge is 2.18. The SMILES string of the molecule is Cc1ccc(F)cc1S(=O)(=O)Nc1ccc(-c2cc3cc(Cl)ccc3[nH]2)cc1. The van der Waals surface area contributed by atoms with Gasteiger partial charge in [0.05, 0.1) is 4.90 Å². The molecule has 142 valence electrons. The molecule has 4 nitrogen and oxygen atoms in total. The van der Waals surface area contributed by atoms with E-state index in [1.54, 1.807) is 19.1 Å². The fourth-order valence-electron chi connectivity index (χ4n) is 3.05. The molecule has 0 saturated heterocycles. The van der Waals surface area contributed by atoms with Gasteiger partial charge in [-0.05, 0) is 66.6 Å². The van der Waals surface area contributed by atoms with E-state index in [4.69, 9.17) is 11.6 Å². The van der Waals surface area contributed by atoms with Crippen molar-refractivity contribution in [2.75, 3.05) is 4.72 Å². The fraction of sp³-hybridized carbons (Fsp3) is 0.0476. The molecule has 3 aromatic carbocycles. The number of halogens is 2. The number of aromatic amines is 1. The van der Waals surface area contributed by atoms with Gasteiger partial charge in [0.1, 0.15) is 5.82 Å². The van der Waals surface area contributed by atoms with Crippen molar-refractivity contribution in [1.82, 2.24) is 4.98 Å². The fourth-order valence-corrected chi connectivity index (χ4v) is 4.55. The zero-order valence-electron chi connectivity index (χ0n) is 14.8. The maximum Gasteiger partial charge on any atom is 0.262 e. The van der Waals surface area contributed by atoms with Crippen LogP contribution in [-0.2, 0) is 10.0 Å². The lowest BCUT2D eigenvalue weighted by Gasteiger charge is -2.11. The van der Waals surface area contributed by atoms with Gasteiger partial charge in [0.2, 0.25) is 0 Å². The average Bonchev–Trinajstić information content (AvgIpc) is 3.07. The molecule has 4 rings (SSSR count). The summed E-state index contributed by atoms with van der Waals surface area (Å²) in [4.78, 5) is 3.23. The number of hydrogen-bond acceptors (Lipinski definition) is 2. The molecular formula is C21H16ClFN2O2S. The molecule has 1 heterocycles. The first-order valence-corrected chi connectivity index (χ1v) is 10.4. The number of anilines is 1. The van der Waals surface area contributed by atoms with Crippen LogP contribution in [0.1, 0.15) is 5.56 Å². The molecule has 0 radical (unpaired) electrons. The smallest absolute Gasteiger partial charge is 0.262 e. The quantitative estimate of drug-likeness (QED) is 0.447. The molecule has 0 aliphatic rings. The van der Waals surface area contributed by atoms with Gasteiger partial charge in [0.25, 0.3) is 10.0 Å². The van der Waals surface area contributed by atoms with Gasteiger partial charge >= 0.3 is 0 Å². The first kappa shape index (κ1) is 18.5. The minimum atomic E-state index is -3.88. The van der Waals surface area contributed by atoms with E-state index < -0.39 is 15.8 Å². The van der Waals surface area contributed by atoms with Crippen LogP contribution in [0, 0.1) is 12.7 Å². The molecule has 4 aromatic rings. The van der Waals surface area contributed by atoms with E-state index in [2.05, 4.69) is 9.71 Å². The van der Waals surface area contributed by atoms with Crippen molar-refractivity contribution in [2.24, 2.45) is 0 Å². The summed E-state index contributed by atoms with van der Waals surface area (Å²) in [6.45, 7) is 1.62. The van der Waals surface area contributed by atoms with Crippen LogP contribution in [0.15, 0.2) is 71.6 Å². The van der Waals surface area contributed by atoms with Crippen LogP contribution >= 0.6 is 11.6 Å². The van der Waals surface area contributed by atoms with Gasteiger partial charge in [-0.25, -0.2) is 12.8 Å². The molecule has 0 amide bonds. The standard InChI is InChI=1S/C21H16ClFN2O2S/c1-13-2-6-17(23)12-21(13)28(26,27)25-18-7-3-14(4-8-18)20-11-15-10-16(22)5-9-19(15)24-20/h2-12,24-25H,1H3. The first-order chi connectivity index (χ1) is 13.3. The van der Waals surface area contributed by atoms with Crippen LogP contribution < -0.4 is 4.72 Å². The molecule has 1 aromatic heterocycles. The molecule has 0 aliphatic carbocycles. The lowest BCUT2D eigenvalue weighted by atomic mass is 10.1. The summed E-state index contributed by atoms with van der Waals surface area (Å²) >= 11 is 6.03. The Morgan fingerprint density at radius 3 is 2.46 bits per heavy atom. The van der Waals surface area contributed by atoms with Gasteiger partial charge in [-0.2, -0.15) is 0 Å². The number of aromatic nitrogens is 1. The van der Waals surface area contributed by atoms with Crippen LogP contribution in [0.2, 0.25) is 5.02 Å². The maximum atomic E-state index is 13.5. The van der Waals surface area contributed by atoms with Gasteiger partial charge in [0, 0.05) is 27.3 Å². The number of hydrogen-bond donors (Lipinski definition) is 2. The normalized spacial score (nSPS) is 11.7. The third-order valence-corrected chi connectivity index (χ3v) is 6.23. The second kappa shape index (κ2) is 6.96. The van der Waals surface area contributed by atoms with Gasteiger partial charge in [-0.1, -0.05) is 29.8 Å². The van der Waals surface area contributed by atoms with Crippen LogP contribution in [0.4, 0.5) is 10.1 Å². The largest absolute Gasteiger partial charge is 0.355 e. The molecule has 0 spiro atoms. The van der Waals surface area contributed by atoms with E-state index >= 15 is 0 Å². The Bertz CT molecular complexity index is 1280. The second-order valence-electron chi connectivity index (χ2n) is 6.51. The van der Waals surface area contributed by atoms with Crippen LogP contribution in [0.3, 0.4) is 0 Å². The van der Waals surface area contributed by atoms with Crippen LogP contribution in [0.25, 0.3) is 22.2 Å². The molecule has 28 heavy (non-hydrogen) atoms. The van der Waals surface area contributed by atoms with Crippen LogP contribution in [0.5, 0.6) is 0 Å². The van der Waals surface area contributed by atoms with Crippen molar-refractivity contribution in [2.45, 2.75) is 11.8 Å². The van der Waals surface area contributed by atoms with Gasteiger partial charge in [0.15, 0.2) is 0 Å². The Kier molecular flexibility index (Phi) is 4.61. The highest BCUT2D eigenvalue weighted by Crippen LogP contribution is 2.28. The number of sulfonamides is 1. The Hall–Kier alpha value is -2.83. The van der Waals surface area contributed by atoms with E-state index in [0.717, 1.165) is 28.2 Å². The molecular weight excluding hydrogens is 399 g/mol. The predicted molar refractivity (Wildman–Crippen MR) is 111 cm³/mol. The minimum absolute atomic E-state index is 0.0796. The molecule has 0 saturated carbocycles. The minimum Gasteiger partial charge on any atom is -0.355 e. The summed E-state index contributed by atoms with van der Waals surface area (Å²) in [6.07, 6.45) is 0. The second-order valence-corrected chi connectivity index (χ2v) is 8.59. The summed E-state index contributed by atoms with van der Waals surface area (Å²) in [5.74, 6) is -0.597. The lowest BCUT2D eigenvalue weighted by molar-refractivity contribution is 0.594. The monoisotopic (exact) mass is 414 g/mol. The van der Waals surface area contributed by atoms with Crippen molar-refractivity contribution < 1.29 is 12.8 Å². The molecule has 7 heteroatoms. The van der Waals surface area contributed by atoms with Crippen molar-refractivity contribution in [3.05, 3.63) is 83.1 Å². The van der Waals surface area contributed by atoms with Gasteiger partial charge < -0.3 is 4.98 Å². The van der Waals surface area contributed by atoms with Crippen molar-refractivity contribution in [3.8, 4) is 11.3 Å². The zero-order valence-corrected chi connectivity index (χ0v) is 16.4. The summed E-state index contributed by atoms with van der Waals surface area (Å²) in [5, 5.41) is 1.66. The highest BCUT2D eigenvalue weighted by atomic mass is 35.5. The summed E-state index contributed by atoms with van der Waals surface area (Å²) in [5.41, 5.74) is 3.63. The van der Waals surface area contributed by atoms with E-state index in [1.165, 1.54) is 12.1 Å². The average molecular weight is 415 g/mol. The van der Waals surface area contributed by atoms with Crippen molar-refractivity contribution in [1.29, 1.82) is 0 Å². The van der Waals surface area contributed by atoms with E-state index in [-0.39, 0.29) is 4.90 Å². The summed E-state index contributed by atoms with van der Waals surface area (Å²) in [6, 6.07) is 18.2. The Morgan fingerprint density at radius 2 is 1.71 bits per heavy atom. The van der Waals surface area contributed by atoms with Gasteiger partial charge in [-0.3, -0.25) is 4.72 Å². The number of nitrogens with one attached hydrogen (secondary N) is 2. The summed E-state index contributed by atoms with van der Waals surface area (Å²) < 4.78 is 41.1. The van der Waals surface area contributed by atoms with Crippen molar-refractivity contribution in [3.63, 3.8) is 0 Å².